The van der Waals surface area contributed by atoms with Crippen LogP contribution in [0, 0.1) is 23.2 Å². The number of carbonyl (C=O) groups is 2. The van der Waals surface area contributed by atoms with Gasteiger partial charge in [-0.3, -0.25) is 23.2 Å². The Morgan fingerprint density at radius 2 is 1.67 bits per heavy atom. The molecule has 3 aliphatic carbocycles. The normalized spacial score (nSPS) is 24.9. The predicted molar refractivity (Wildman–Crippen MR) is 167 cm³/mol. The van der Waals surface area contributed by atoms with Gasteiger partial charge in [0, 0.05) is 17.6 Å². The van der Waals surface area contributed by atoms with Crippen molar-refractivity contribution >= 4 is 57.7 Å². The summed E-state index contributed by atoms with van der Waals surface area (Å²) in [5.41, 5.74) is -0.366. The summed E-state index contributed by atoms with van der Waals surface area (Å²) in [6.07, 6.45) is 1.86. The molecule has 0 amide bonds. The number of nitrogens with zero attached hydrogens (tertiary/aromatic N) is 3. The molecule has 4 atom stereocenters. The molecule has 3 heterocycles. The van der Waals surface area contributed by atoms with Crippen LogP contribution in [-0.4, -0.2) is 89.3 Å². The lowest BCUT2D eigenvalue weighted by atomic mass is 10.1. The Balaban J connectivity index is 1.16. The van der Waals surface area contributed by atoms with E-state index in [9.17, 15) is 38.0 Å². The van der Waals surface area contributed by atoms with Crippen molar-refractivity contribution in [2.45, 2.75) is 81.9 Å². The molecule has 0 unspecified atom stereocenters. The van der Waals surface area contributed by atoms with E-state index in [4.69, 9.17) is 34.9 Å². The summed E-state index contributed by atoms with van der Waals surface area (Å²) >= 11 is 6.39. The smallest absolute Gasteiger partial charge is 0.351 e. The molecule has 0 radical (unpaired) electrons. The number of sulfone groups is 1. The van der Waals surface area contributed by atoms with E-state index in [1.807, 2.05) is 0 Å². The van der Waals surface area contributed by atoms with Crippen LogP contribution in [-0.2, 0) is 47.2 Å². The van der Waals surface area contributed by atoms with Crippen LogP contribution in [0.1, 0.15) is 63.2 Å². The van der Waals surface area contributed by atoms with Gasteiger partial charge in [-0.05, 0) is 44.6 Å². The Hall–Kier alpha value is -2.81. The lowest BCUT2D eigenvalue weighted by Gasteiger charge is -2.20. The van der Waals surface area contributed by atoms with Crippen molar-refractivity contribution in [2.24, 2.45) is 11.8 Å². The number of hydrogen-bond acceptors (Lipinski definition) is 15. The fraction of sp³-hybridized carbons (Fsp3) is 0.655. The molecule has 4 aliphatic rings. The van der Waals surface area contributed by atoms with Crippen LogP contribution in [0.5, 0.6) is 0 Å². The van der Waals surface area contributed by atoms with Crippen LogP contribution in [0.2, 0.25) is 5.15 Å². The maximum atomic E-state index is 13.5. The molecule has 2 aromatic rings. The predicted octanol–water partition coefficient (Wildman–Crippen LogP) is 2.96. The van der Waals surface area contributed by atoms with Gasteiger partial charge in [-0.15, -0.1) is 0 Å². The van der Waals surface area contributed by atoms with Gasteiger partial charge in [0.2, 0.25) is 13.6 Å². The molecule has 19 heteroatoms. The van der Waals surface area contributed by atoms with Crippen molar-refractivity contribution in [2.75, 3.05) is 30.1 Å². The summed E-state index contributed by atoms with van der Waals surface area (Å²) in [6.45, 7) is -1.72. The number of nitriles is 1. The summed E-state index contributed by atoms with van der Waals surface area (Å²) < 4.78 is 67.5. The third-order valence-electron chi connectivity index (χ3n) is 8.74. The highest BCUT2D eigenvalue weighted by molar-refractivity contribution is 7.97. The van der Waals surface area contributed by atoms with Crippen molar-refractivity contribution < 1.29 is 56.0 Å². The number of ether oxygens (including phenoxy) is 3. The lowest BCUT2D eigenvalue weighted by Crippen LogP contribution is -2.36. The first-order valence-corrected chi connectivity index (χ1v) is 19.6. The first kappa shape index (κ1) is 35.0. The molecule has 1 saturated heterocycles. The molecular weight excluding hydrogens is 695 g/mol. The van der Waals surface area contributed by atoms with Crippen LogP contribution in [0.15, 0.2) is 12.3 Å². The highest BCUT2D eigenvalue weighted by Crippen LogP contribution is 2.50. The number of hydrogen-bond donors (Lipinski definition) is 3. The molecule has 16 nitrogen and oxygen atoms in total. The van der Waals surface area contributed by atoms with Crippen LogP contribution in [0.25, 0.3) is 11.0 Å². The van der Waals surface area contributed by atoms with Crippen molar-refractivity contribution in [3.63, 3.8) is 0 Å². The number of carbonyl (C=O) groups excluding carboxylic acids is 2. The quantitative estimate of drug-likeness (QED) is 0.104. The number of rotatable bonds is 15. The SMILES string of the molecule is N#Cc1c(Cl)nc2c(ccn2[C@@H]2O[C@H](CS(=O)(=O)CP(=O)(OCOC(=O)C3CC3)OCOC(=O)C3CC3)[C@@H](O)[C@H]2O)c1NC1CCCC1. The maximum Gasteiger partial charge on any atom is 0.351 e. The average molecular weight is 731 g/mol. The highest BCUT2D eigenvalue weighted by Gasteiger charge is 2.47. The Bertz CT molecular complexity index is 1720. The molecule has 1 aliphatic heterocycles. The minimum absolute atomic E-state index is 0.0843. The zero-order valence-corrected chi connectivity index (χ0v) is 28.2. The minimum atomic E-state index is -4.60. The van der Waals surface area contributed by atoms with E-state index in [-0.39, 0.29) is 34.2 Å². The van der Waals surface area contributed by atoms with Gasteiger partial charge in [0.25, 0.3) is 0 Å². The van der Waals surface area contributed by atoms with Crippen LogP contribution < -0.4 is 5.32 Å². The topological polar surface area (TPSA) is 226 Å². The largest absolute Gasteiger partial charge is 0.438 e. The number of halogens is 1. The zero-order valence-electron chi connectivity index (χ0n) is 25.7. The molecule has 6 rings (SSSR count). The molecule has 0 bridgehead atoms. The third kappa shape index (κ3) is 7.97. The van der Waals surface area contributed by atoms with Crippen molar-refractivity contribution in [3.8, 4) is 6.07 Å². The Morgan fingerprint density at radius 1 is 1.06 bits per heavy atom. The Morgan fingerprint density at radius 3 is 2.23 bits per heavy atom. The van der Waals surface area contributed by atoms with Gasteiger partial charge in [0.15, 0.2) is 26.7 Å². The molecular formula is C29H36ClN4O12PS. The summed E-state index contributed by atoms with van der Waals surface area (Å²) in [7, 11) is -9.04. The van der Waals surface area contributed by atoms with Gasteiger partial charge in [-0.2, -0.15) is 5.26 Å². The van der Waals surface area contributed by atoms with Gasteiger partial charge < -0.3 is 34.3 Å². The Labute approximate surface area is 281 Å². The van der Waals surface area contributed by atoms with Gasteiger partial charge in [0.1, 0.15) is 35.6 Å². The number of fused-ring (bicyclic) bond motifs is 1. The van der Waals surface area contributed by atoms with Gasteiger partial charge >= 0.3 is 19.5 Å². The maximum absolute atomic E-state index is 13.5. The number of aromatic nitrogens is 2. The monoisotopic (exact) mass is 730 g/mol. The molecule has 48 heavy (non-hydrogen) atoms. The minimum Gasteiger partial charge on any atom is -0.438 e. The molecule has 4 fully saturated rings. The number of nitrogens with one attached hydrogen (secondary N) is 1. The Kier molecular flexibility index (Phi) is 10.4. The first-order chi connectivity index (χ1) is 22.9. The average Bonchev–Trinajstić information content (AvgIpc) is 3.95. The van der Waals surface area contributed by atoms with E-state index in [0.717, 1.165) is 25.7 Å². The van der Waals surface area contributed by atoms with E-state index in [1.54, 1.807) is 6.07 Å². The second-order valence-corrected chi connectivity index (χ2v) is 17.5. The number of esters is 2. The highest BCUT2D eigenvalue weighted by atomic mass is 35.5. The van der Waals surface area contributed by atoms with Crippen molar-refractivity contribution in [3.05, 3.63) is 23.0 Å². The standard InChI is InChI=1S/C29H36ClN4O12PS/c30-25-20(11-31)22(32-18-3-1-2-4-18)19-9-10-34(26(19)33-25)27-24(36)23(35)21(46-27)12-48(40,41)15-47(39,44-13-42-28(37)16-5-6-16)45-14-43-29(38)17-7-8-17/h9-10,16-18,21,23-24,27,35-36H,1-8,12-15H2,(H,32,33)/t21-,23-,24-,27-/m1/s1. The number of pyridine rings is 1. The van der Waals surface area contributed by atoms with E-state index in [2.05, 4.69) is 16.4 Å². The van der Waals surface area contributed by atoms with E-state index >= 15 is 0 Å². The van der Waals surface area contributed by atoms with E-state index in [0.29, 0.717) is 36.8 Å². The fourth-order valence-electron chi connectivity index (χ4n) is 5.83. The van der Waals surface area contributed by atoms with Gasteiger partial charge in [-0.25, -0.2) is 13.4 Å². The van der Waals surface area contributed by atoms with Crippen LogP contribution >= 0.6 is 19.2 Å². The summed E-state index contributed by atoms with van der Waals surface area (Å²) in [5.74, 6) is -2.70. The molecule has 0 spiro atoms. The molecule has 262 valence electrons. The summed E-state index contributed by atoms with van der Waals surface area (Å²) in [4.78, 5) is 28.1. The van der Waals surface area contributed by atoms with Crippen LogP contribution in [0.4, 0.5) is 5.69 Å². The lowest BCUT2D eigenvalue weighted by molar-refractivity contribution is -0.153. The molecule has 3 saturated carbocycles. The van der Waals surface area contributed by atoms with Crippen LogP contribution in [0.3, 0.4) is 0 Å². The molecule has 2 aromatic heterocycles. The third-order valence-corrected chi connectivity index (χ3v) is 13.7. The zero-order chi connectivity index (χ0) is 34.2. The second-order valence-electron chi connectivity index (χ2n) is 12.5. The number of anilines is 1. The summed E-state index contributed by atoms with van der Waals surface area (Å²) in [6, 6.07) is 3.87. The van der Waals surface area contributed by atoms with Gasteiger partial charge in [-0.1, -0.05) is 24.4 Å². The number of aliphatic hydroxyl groups is 2. The second kappa shape index (κ2) is 14.2. The first-order valence-electron chi connectivity index (χ1n) is 15.7. The fourth-order valence-corrected chi connectivity index (χ4v) is 10.3. The van der Waals surface area contributed by atoms with Gasteiger partial charge in [0.05, 0.1) is 23.3 Å². The van der Waals surface area contributed by atoms with E-state index in [1.165, 1.54) is 10.8 Å². The summed E-state index contributed by atoms with van der Waals surface area (Å²) in [5, 5.41) is 35.4. The molecule has 3 N–H and O–H groups in total. The van der Waals surface area contributed by atoms with Crippen molar-refractivity contribution in [1.29, 1.82) is 5.26 Å². The number of aliphatic hydroxyl groups excluding tert-OH is 2. The van der Waals surface area contributed by atoms with E-state index < -0.39 is 78.7 Å². The van der Waals surface area contributed by atoms with Crippen molar-refractivity contribution in [1.82, 2.24) is 9.55 Å². The molecule has 0 aromatic carbocycles.